The summed E-state index contributed by atoms with van der Waals surface area (Å²) in [5, 5.41) is 10.2. The molecular formula is C21H17N3O. The first-order chi connectivity index (χ1) is 12.1. The van der Waals surface area contributed by atoms with Crippen molar-refractivity contribution in [3.8, 4) is 17.3 Å². The summed E-state index contributed by atoms with van der Waals surface area (Å²) in [5.41, 5.74) is 3.41. The number of hydrogen-bond acceptors (Lipinski definition) is 4. The molecule has 0 aliphatic carbocycles. The van der Waals surface area contributed by atoms with Gasteiger partial charge in [0.2, 0.25) is 0 Å². The maximum atomic E-state index is 9.20. The van der Waals surface area contributed by atoms with Gasteiger partial charge in [-0.1, -0.05) is 38.3 Å². The molecule has 4 heteroatoms. The molecule has 0 bridgehead atoms. The molecule has 0 saturated heterocycles. The maximum Gasteiger partial charge on any atom is 0.141 e. The molecule has 0 unspecified atom stereocenters. The zero-order chi connectivity index (χ0) is 17.8. The Labute approximate surface area is 146 Å². The van der Waals surface area contributed by atoms with Gasteiger partial charge in [-0.15, -0.1) is 0 Å². The molecule has 0 saturated carbocycles. The standard InChI is InChI=1S/C21H17N3O/c1-4-14(2)25-15(3)19-10-9-18(13-22)24-21(19)17-8-7-16-6-5-11-23-20(16)12-17/h5-12H,2-4H2,1H3. The van der Waals surface area contributed by atoms with Gasteiger partial charge in [-0.25, -0.2) is 4.98 Å². The molecule has 3 aromatic rings. The van der Waals surface area contributed by atoms with Crippen LogP contribution in [0.5, 0.6) is 0 Å². The highest BCUT2D eigenvalue weighted by molar-refractivity contribution is 5.86. The molecule has 0 radical (unpaired) electrons. The molecule has 4 nitrogen and oxygen atoms in total. The van der Waals surface area contributed by atoms with E-state index in [2.05, 4.69) is 29.2 Å². The number of ether oxygens (including phenoxy) is 1. The van der Waals surface area contributed by atoms with E-state index in [4.69, 9.17) is 4.74 Å². The van der Waals surface area contributed by atoms with Gasteiger partial charge in [0.1, 0.15) is 17.5 Å². The average Bonchev–Trinajstić information content (AvgIpc) is 2.66. The Kier molecular flexibility index (Phi) is 4.58. The van der Waals surface area contributed by atoms with E-state index < -0.39 is 0 Å². The summed E-state index contributed by atoms with van der Waals surface area (Å²) in [6.45, 7) is 9.81. The predicted octanol–water partition coefficient (Wildman–Crippen LogP) is 5.08. The highest BCUT2D eigenvalue weighted by Gasteiger charge is 2.14. The van der Waals surface area contributed by atoms with Gasteiger partial charge in [-0.2, -0.15) is 5.26 Å². The van der Waals surface area contributed by atoms with Gasteiger partial charge in [0.25, 0.3) is 0 Å². The summed E-state index contributed by atoms with van der Waals surface area (Å²) >= 11 is 0. The number of allylic oxidation sites excluding steroid dienone is 1. The number of nitriles is 1. The third-order valence-corrected chi connectivity index (χ3v) is 3.85. The number of pyridine rings is 2. The second-order valence-corrected chi connectivity index (χ2v) is 5.53. The smallest absolute Gasteiger partial charge is 0.141 e. The van der Waals surface area contributed by atoms with Crippen molar-refractivity contribution in [3.05, 3.63) is 78.8 Å². The van der Waals surface area contributed by atoms with Crippen LogP contribution in [0.4, 0.5) is 0 Å². The predicted molar refractivity (Wildman–Crippen MR) is 99.2 cm³/mol. The van der Waals surface area contributed by atoms with Gasteiger partial charge in [-0.3, -0.25) is 4.98 Å². The summed E-state index contributed by atoms with van der Waals surface area (Å²) in [6, 6.07) is 15.3. The Bertz CT molecular complexity index is 1020. The Morgan fingerprint density at radius 1 is 1.20 bits per heavy atom. The molecule has 1 aromatic carbocycles. The normalized spacial score (nSPS) is 10.2. The zero-order valence-corrected chi connectivity index (χ0v) is 14.0. The molecule has 25 heavy (non-hydrogen) atoms. The summed E-state index contributed by atoms with van der Waals surface area (Å²) in [4.78, 5) is 8.85. The molecule has 2 heterocycles. The lowest BCUT2D eigenvalue weighted by Crippen LogP contribution is -1.98. The Balaban J connectivity index is 2.13. The summed E-state index contributed by atoms with van der Waals surface area (Å²) in [6.07, 6.45) is 2.44. The van der Waals surface area contributed by atoms with E-state index in [9.17, 15) is 5.26 Å². The van der Waals surface area contributed by atoms with Crippen molar-refractivity contribution in [2.75, 3.05) is 0 Å². The molecule has 2 aromatic heterocycles. The Morgan fingerprint density at radius 3 is 2.80 bits per heavy atom. The highest BCUT2D eigenvalue weighted by atomic mass is 16.5. The second-order valence-electron chi connectivity index (χ2n) is 5.53. The fraction of sp³-hybridized carbons (Fsp3) is 0.0952. The largest absolute Gasteiger partial charge is 0.462 e. The van der Waals surface area contributed by atoms with Gasteiger partial charge in [0.15, 0.2) is 0 Å². The van der Waals surface area contributed by atoms with Crippen LogP contribution in [0.25, 0.3) is 27.9 Å². The monoisotopic (exact) mass is 327 g/mol. The lowest BCUT2D eigenvalue weighted by atomic mass is 10.0. The lowest BCUT2D eigenvalue weighted by molar-refractivity contribution is 0.372. The molecule has 0 aliphatic rings. The third-order valence-electron chi connectivity index (χ3n) is 3.85. The van der Waals surface area contributed by atoms with Crippen molar-refractivity contribution >= 4 is 16.7 Å². The first kappa shape index (κ1) is 16.4. The van der Waals surface area contributed by atoms with E-state index in [1.54, 1.807) is 18.3 Å². The third kappa shape index (κ3) is 3.41. The minimum absolute atomic E-state index is 0.335. The molecular weight excluding hydrogens is 310 g/mol. The number of benzene rings is 1. The van der Waals surface area contributed by atoms with E-state index in [0.29, 0.717) is 29.3 Å². The molecule has 0 aliphatic heterocycles. The van der Waals surface area contributed by atoms with E-state index in [1.165, 1.54) is 0 Å². The first-order valence-corrected chi connectivity index (χ1v) is 7.93. The summed E-state index contributed by atoms with van der Waals surface area (Å²) < 4.78 is 5.68. The van der Waals surface area contributed by atoms with Crippen molar-refractivity contribution < 1.29 is 4.74 Å². The quantitative estimate of drug-likeness (QED) is 0.613. The number of aromatic nitrogens is 2. The van der Waals surface area contributed by atoms with Gasteiger partial charge >= 0.3 is 0 Å². The van der Waals surface area contributed by atoms with Gasteiger partial charge in [0, 0.05) is 29.1 Å². The molecule has 0 fully saturated rings. The fourth-order valence-corrected chi connectivity index (χ4v) is 2.48. The Hall–Kier alpha value is -3.45. The summed E-state index contributed by atoms with van der Waals surface area (Å²) in [7, 11) is 0. The van der Waals surface area contributed by atoms with Crippen LogP contribution in [-0.2, 0) is 4.74 Å². The highest BCUT2D eigenvalue weighted by Crippen LogP contribution is 2.30. The van der Waals surface area contributed by atoms with Gasteiger partial charge < -0.3 is 4.74 Å². The van der Waals surface area contributed by atoms with Crippen LogP contribution in [-0.4, -0.2) is 9.97 Å². The minimum Gasteiger partial charge on any atom is -0.462 e. The van der Waals surface area contributed by atoms with Crippen molar-refractivity contribution in [1.82, 2.24) is 9.97 Å². The summed E-state index contributed by atoms with van der Waals surface area (Å²) in [5.74, 6) is 1.08. The first-order valence-electron chi connectivity index (χ1n) is 7.93. The molecule has 0 N–H and O–H groups in total. The van der Waals surface area contributed by atoms with Crippen LogP contribution in [0.3, 0.4) is 0 Å². The van der Waals surface area contributed by atoms with Crippen molar-refractivity contribution in [2.45, 2.75) is 13.3 Å². The van der Waals surface area contributed by atoms with E-state index >= 15 is 0 Å². The molecule has 3 rings (SSSR count). The second kappa shape index (κ2) is 6.98. The van der Waals surface area contributed by atoms with Crippen molar-refractivity contribution in [2.24, 2.45) is 0 Å². The molecule has 0 atom stereocenters. The lowest BCUT2D eigenvalue weighted by Gasteiger charge is -2.14. The van der Waals surface area contributed by atoms with Crippen molar-refractivity contribution in [1.29, 1.82) is 5.26 Å². The number of fused-ring (bicyclic) bond motifs is 1. The van der Waals surface area contributed by atoms with Gasteiger partial charge in [-0.05, 0) is 24.3 Å². The maximum absolute atomic E-state index is 9.20. The molecule has 0 spiro atoms. The Morgan fingerprint density at radius 2 is 2.04 bits per heavy atom. The van der Waals surface area contributed by atoms with Crippen LogP contribution in [0.15, 0.2) is 67.6 Å². The minimum atomic E-state index is 0.335. The van der Waals surface area contributed by atoms with Crippen LogP contribution in [0.1, 0.15) is 24.6 Å². The number of hydrogen-bond donors (Lipinski definition) is 0. The van der Waals surface area contributed by atoms with Gasteiger partial charge in [0.05, 0.1) is 17.0 Å². The van der Waals surface area contributed by atoms with E-state index in [1.807, 2.05) is 37.3 Å². The number of nitrogens with zero attached hydrogens (tertiary/aromatic N) is 3. The zero-order valence-electron chi connectivity index (χ0n) is 14.0. The fourth-order valence-electron chi connectivity index (χ4n) is 2.48. The molecule has 0 amide bonds. The molecule has 122 valence electrons. The average molecular weight is 327 g/mol. The SMILES string of the molecule is C=C(CC)OC(=C)c1ccc(C#N)nc1-c1ccc2cccnc2c1. The van der Waals surface area contributed by atoms with Crippen LogP contribution < -0.4 is 0 Å². The van der Waals surface area contributed by atoms with Crippen LogP contribution >= 0.6 is 0 Å². The van der Waals surface area contributed by atoms with E-state index in [-0.39, 0.29) is 0 Å². The van der Waals surface area contributed by atoms with Crippen LogP contribution in [0, 0.1) is 11.3 Å². The number of rotatable bonds is 5. The van der Waals surface area contributed by atoms with Crippen LogP contribution in [0.2, 0.25) is 0 Å². The topological polar surface area (TPSA) is 58.8 Å². The van der Waals surface area contributed by atoms with Crippen molar-refractivity contribution in [3.63, 3.8) is 0 Å². The van der Waals surface area contributed by atoms with E-state index in [0.717, 1.165) is 22.0 Å².